The third-order valence-corrected chi connectivity index (χ3v) is 2.73. The largest absolute Gasteiger partial charge is 0.450 e. The van der Waals surface area contributed by atoms with Crippen molar-refractivity contribution in [3.05, 3.63) is 29.8 Å². The van der Waals surface area contributed by atoms with Gasteiger partial charge in [-0.05, 0) is 13.0 Å². The molecule has 1 aromatic carbocycles. The molecule has 0 radical (unpaired) electrons. The Labute approximate surface area is 105 Å². The summed E-state index contributed by atoms with van der Waals surface area (Å²) in [6, 6.07) is 7.12. The second kappa shape index (κ2) is 4.33. The van der Waals surface area contributed by atoms with E-state index in [-0.39, 0.29) is 0 Å². The van der Waals surface area contributed by atoms with E-state index >= 15 is 0 Å². The van der Waals surface area contributed by atoms with E-state index in [4.69, 9.17) is 14.2 Å². The van der Waals surface area contributed by atoms with Crippen LogP contribution in [0, 0.1) is 0 Å². The van der Waals surface area contributed by atoms with E-state index in [1.807, 2.05) is 0 Å². The summed E-state index contributed by atoms with van der Waals surface area (Å²) < 4.78 is 15.9. The Kier molecular flexibility index (Phi) is 2.98. The van der Waals surface area contributed by atoms with E-state index < -0.39 is 23.8 Å². The zero-order valence-corrected chi connectivity index (χ0v) is 10.4. The number of benzene rings is 1. The third kappa shape index (κ3) is 2.03. The van der Waals surface area contributed by atoms with Gasteiger partial charge in [0.15, 0.2) is 0 Å². The van der Waals surface area contributed by atoms with E-state index in [2.05, 4.69) is 0 Å². The lowest BCUT2D eigenvalue weighted by molar-refractivity contribution is -0.207. The SMILES string of the molecule is CC(=O)O[C@H]1Oc2ccccc2[C@]1(C)OC(C)=O. The summed E-state index contributed by atoms with van der Waals surface area (Å²) in [5.74, 6) is -0.409. The van der Waals surface area contributed by atoms with Gasteiger partial charge in [0.1, 0.15) is 5.75 Å². The van der Waals surface area contributed by atoms with Gasteiger partial charge in [-0.25, -0.2) is 0 Å². The highest BCUT2D eigenvalue weighted by Gasteiger charge is 2.50. The van der Waals surface area contributed by atoms with E-state index in [0.29, 0.717) is 11.3 Å². The number of rotatable bonds is 2. The van der Waals surface area contributed by atoms with Crippen molar-refractivity contribution in [3.8, 4) is 5.75 Å². The van der Waals surface area contributed by atoms with Crippen molar-refractivity contribution in [1.82, 2.24) is 0 Å². The van der Waals surface area contributed by atoms with Crippen LogP contribution in [0.4, 0.5) is 0 Å². The minimum Gasteiger partial charge on any atom is -0.450 e. The molecule has 0 N–H and O–H groups in total. The number of carbonyl (C=O) groups is 2. The fourth-order valence-electron chi connectivity index (χ4n) is 2.02. The van der Waals surface area contributed by atoms with Crippen molar-refractivity contribution < 1.29 is 23.8 Å². The van der Waals surface area contributed by atoms with Crippen molar-refractivity contribution in [2.24, 2.45) is 0 Å². The fraction of sp³-hybridized carbons (Fsp3) is 0.385. The molecular weight excluding hydrogens is 236 g/mol. The number of carbonyl (C=O) groups excluding carboxylic acids is 2. The molecule has 0 saturated carbocycles. The first kappa shape index (κ1) is 12.4. The molecule has 0 unspecified atom stereocenters. The highest BCUT2D eigenvalue weighted by atomic mass is 16.7. The summed E-state index contributed by atoms with van der Waals surface area (Å²) in [5, 5.41) is 0. The number of ether oxygens (including phenoxy) is 3. The van der Waals surface area contributed by atoms with Gasteiger partial charge in [-0.1, -0.05) is 18.2 Å². The molecule has 5 heteroatoms. The molecule has 0 amide bonds. The second-order valence-electron chi connectivity index (χ2n) is 4.26. The first-order valence-corrected chi connectivity index (χ1v) is 5.56. The average Bonchev–Trinajstić information content (AvgIpc) is 2.51. The van der Waals surface area contributed by atoms with Gasteiger partial charge in [0.25, 0.3) is 6.29 Å². The molecule has 0 aliphatic carbocycles. The molecule has 1 aliphatic heterocycles. The molecular formula is C13H14O5. The Morgan fingerprint density at radius 2 is 1.89 bits per heavy atom. The van der Waals surface area contributed by atoms with Gasteiger partial charge >= 0.3 is 11.9 Å². The van der Waals surface area contributed by atoms with Crippen molar-refractivity contribution in [2.75, 3.05) is 0 Å². The van der Waals surface area contributed by atoms with Crippen molar-refractivity contribution in [3.63, 3.8) is 0 Å². The van der Waals surface area contributed by atoms with Gasteiger partial charge < -0.3 is 14.2 Å². The van der Waals surface area contributed by atoms with E-state index in [1.54, 1.807) is 31.2 Å². The van der Waals surface area contributed by atoms with Crippen LogP contribution in [-0.4, -0.2) is 18.2 Å². The Balaban J connectivity index is 2.40. The average molecular weight is 250 g/mol. The van der Waals surface area contributed by atoms with Crippen LogP contribution in [0.2, 0.25) is 0 Å². The normalized spacial score (nSPS) is 24.9. The van der Waals surface area contributed by atoms with Crippen LogP contribution in [0.25, 0.3) is 0 Å². The number of hydrogen-bond acceptors (Lipinski definition) is 5. The number of fused-ring (bicyclic) bond motifs is 1. The lowest BCUT2D eigenvalue weighted by Gasteiger charge is -2.28. The molecule has 2 rings (SSSR count). The first-order valence-electron chi connectivity index (χ1n) is 5.56. The van der Waals surface area contributed by atoms with Crippen LogP contribution in [0.5, 0.6) is 5.75 Å². The third-order valence-electron chi connectivity index (χ3n) is 2.73. The minimum absolute atomic E-state index is 0.463. The summed E-state index contributed by atoms with van der Waals surface area (Å²) in [7, 11) is 0. The Hall–Kier alpha value is -2.04. The summed E-state index contributed by atoms with van der Waals surface area (Å²) >= 11 is 0. The molecule has 18 heavy (non-hydrogen) atoms. The van der Waals surface area contributed by atoms with Gasteiger partial charge in [-0.2, -0.15) is 0 Å². The van der Waals surface area contributed by atoms with Crippen LogP contribution < -0.4 is 4.74 Å². The van der Waals surface area contributed by atoms with Crippen molar-refractivity contribution in [2.45, 2.75) is 32.7 Å². The zero-order valence-electron chi connectivity index (χ0n) is 10.4. The monoisotopic (exact) mass is 250 g/mol. The molecule has 1 heterocycles. The van der Waals surface area contributed by atoms with Crippen molar-refractivity contribution in [1.29, 1.82) is 0 Å². The smallest absolute Gasteiger partial charge is 0.305 e. The highest BCUT2D eigenvalue weighted by molar-refractivity contribution is 5.68. The highest BCUT2D eigenvalue weighted by Crippen LogP contribution is 2.44. The summed E-state index contributed by atoms with van der Waals surface area (Å²) in [5.41, 5.74) is -0.430. The summed E-state index contributed by atoms with van der Waals surface area (Å²) in [4.78, 5) is 22.3. The predicted octanol–water partition coefficient (Wildman–Crippen LogP) is 1.75. The molecule has 0 spiro atoms. The second-order valence-corrected chi connectivity index (χ2v) is 4.26. The predicted molar refractivity (Wildman–Crippen MR) is 61.7 cm³/mol. The fourth-order valence-corrected chi connectivity index (χ4v) is 2.02. The summed E-state index contributed by atoms with van der Waals surface area (Å²) in [6.07, 6.45) is -0.962. The van der Waals surface area contributed by atoms with Crippen LogP contribution in [-0.2, 0) is 24.7 Å². The van der Waals surface area contributed by atoms with Crippen LogP contribution >= 0.6 is 0 Å². The number of para-hydroxylation sites is 1. The minimum atomic E-state index is -1.12. The molecule has 0 bridgehead atoms. The molecule has 0 fully saturated rings. The van der Waals surface area contributed by atoms with E-state index in [9.17, 15) is 9.59 Å². The molecule has 5 nitrogen and oxygen atoms in total. The standard InChI is InChI=1S/C13H14O5/c1-8(14)16-12-13(3,18-9(2)15)10-6-4-5-7-11(10)17-12/h4-7,12H,1-3H3/t12-,13-/m0/s1. The lowest BCUT2D eigenvalue weighted by Crippen LogP contribution is -2.42. The molecule has 1 aliphatic rings. The maximum absolute atomic E-state index is 11.2. The molecule has 2 atom stereocenters. The maximum atomic E-state index is 11.2. The zero-order chi connectivity index (χ0) is 13.3. The van der Waals surface area contributed by atoms with Crippen molar-refractivity contribution >= 4 is 11.9 Å². The van der Waals surface area contributed by atoms with Crippen LogP contribution in [0.15, 0.2) is 24.3 Å². The van der Waals surface area contributed by atoms with E-state index in [1.165, 1.54) is 13.8 Å². The topological polar surface area (TPSA) is 61.8 Å². The Morgan fingerprint density at radius 1 is 1.22 bits per heavy atom. The molecule has 0 saturated heterocycles. The Bertz CT molecular complexity index is 496. The van der Waals surface area contributed by atoms with Crippen LogP contribution in [0.1, 0.15) is 26.3 Å². The lowest BCUT2D eigenvalue weighted by atomic mass is 9.96. The molecule has 96 valence electrons. The first-order chi connectivity index (χ1) is 8.43. The van der Waals surface area contributed by atoms with E-state index in [0.717, 1.165) is 0 Å². The Morgan fingerprint density at radius 3 is 2.50 bits per heavy atom. The quantitative estimate of drug-likeness (QED) is 0.748. The van der Waals surface area contributed by atoms with Gasteiger partial charge in [-0.15, -0.1) is 0 Å². The summed E-state index contributed by atoms with van der Waals surface area (Å²) in [6.45, 7) is 4.24. The number of esters is 2. The van der Waals surface area contributed by atoms with Gasteiger partial charge in [0.05, 0.1) is 0 Å². The number of hydrogen-bond donors (Lipinski definition) is 0. The van der Waals surface area contributed by atoms with Gasteiger partial charge in [0, 0.05) is 19.4 Å². The van der Waals surface area contributed by atoms with Gasteiger partial charge in [0.2, 0.25) is 5.60 Å². The molecule has 1 aromatic rings. The maximum Gasteiger partial charge on any atom is 0.305 e. The van der Waals surface area contributed by atoms with Gasteiger partial charge in [-0.3, -0.25) is 9.59 Å². The molecule has 0 aromatic heterocycles. The van der Waals surface area contributed by atoms with Crippen LogP contribution in [0.3, 0.4) is 0 Å².